The average Bonchev–Trinajstić information content (AvgIpc) is 3.57. The fourth-order valence-electron chi connectivity index (χ4n) is 5.38. The summed E-state index contributed by atoms with van der Waals surface area (Å²) in [6.07, 6.45) is 8.71. The molecule has 0 amide bonds. The minimum Gasteiger partial charge on any atom is -0.492 e. The van der Waals surface area contributed by atoms with Crippen molar-refractivity contribution >= 4 is 23.6 Å². The van der Waals surface area contributed by atoms with E-state index in [0.29, 0.717) is 24.9 Å². The van der Waals surface area contributed by atoms with Crippen molar-refractivity contribution in [2.24, 2.45) is 10.1 Å². The van der Waals surface area contributed by atoms with Crippen LogP contribution in [0.25, 0.3) is 0 Å². The summed E-state index contributed by atoms with van der Waals surface area (Å²) in [6.45, 7) is 8.45. The molecule has 2 atom stereocenters. The lowest BCUT2D eigenvalue weighted by molar-refractivity contribution is 0.0322. The predicted octanol–water partition coefficient (Wildman–Crippen LogP) is 4.12. The summed E-state index contributed by atoms with van der Waals surface area (Å²) in [7, 11) is 0. The molecule has 0 radical (unpaired) electrons. The van der Waals surface area contributed by atoms with Crippen LogP contribution >= 0.6 is 0 Å². The van der Waals surface area contributed by atoms with E-state index in [2.05, 4.69) is 45.0 Å². The molecule has 0 aliphatic carbocycles. The van der Waals surface area contributed by atoms with Crippen molar-refractivity contribution in [3.63, 3.8) is 0 Å². The molecule has 9 heteroatoms. The second-order valence-corrected chi connectivity index (χ2v) is 10.1. The number of anilines is 1. The number of aliphatic imine (C=N–C) groups is 1. The molecular weight excluding hydrogens is 478 g/mol. The van der Waals surface area contributed by atoms with E-state index in [-0.39, 0.29) is 5.92 Å². The number of hydrogen-bond donors (Lipinski definition) is 0. The number of morpholine rings is 1. The molecule has 0 spiro atoms. The number of rotatable bonds is 7. The summed E-state index contributed by atoms with van der Waals surface area (Å²) in [5, 5.41) is 4.68. The van der Waals surface area contributed by atoms with Crippen LogP contribution < -0.4 is 9.64 Å². The van der Waals surface area contributed by atoms with Gasteiger partial charge in [0, 0.05) is 63.2 Å². The first kappa shape index (κ1) is 24.8. The van der Waals surface area contributed by atoms with Gasteiger partial charge in [-0.25, -0.2) is 19.6 Å². The minimum atomic E-state index is 0.0691. The second kappa shape index (κ2) is 11.4. The van der Waals surface area contributed by atoms with E-state index >= 15 is 0 Å². The minimum absolute atomic E-state index is 0.0691. The first-order chi connectivity index (χ1) is 18.7. The van der Waals surface area contributed by atoms with Gasteiger partial charge in [-0.15, -0.1) is 0 Å². The Morgan fingerprint density at radius 3 is 2.76 bits per heavy atom. The van der Waals surface area contributed by atoms with Crippen LogP contribution in [0.2, 0.25) is 0 Å². The fourth-order valence-corrected chi connectivity index (χ4v) is 5.38. The Morgan fingerprint density at radius 2 is 1.95 bits per heavy atom. The van der Waals surface area contributed by atoms with Gasteiger partial charge in [-0.05, 0) is 49.6 Å². The van der Waals surface area contributed by atoms with Gasteiger partial charge in [0.15, 0.2) is 11.6 Å². The molecule has 0 bridgehead atoms. The van der Waals surface area contributed by atoms with Crippen molar-refractivity contribution in [3.05, 3.63) is 66.2 Å². The van der Waals surface area contributed by atoms with Gasteiger partial charge in [0.05, 0.1) is 18.9 Å². The van der Waals surface area contributed by atoms with Crippen molar-refractivity contribution in [3.8, 4) is 5.75 Å². The third kappa shape index (κ3) is 5.63. The molecule has 2 unspecified atom stereocenters. The summed E-state index contributed by atoms with van der Waals surface area (Å²) in [4.78, 5) is 19.2. The molecule has 6 rings (SSSR count). The third-order valence-electron chi connectivity index (χ3n) is 7.57. The normalized spacial score (nSPS) is 23.0. The van der Waals surface area contributed by atoms with Crippen molar-refractivity contribution in [2.75, 3.05) is 50.9 Å². The number of imidazole rings is 1. The Kier molecular flexibility index (Phi) is 7.46. The third-order valence-corrected chi connectivity index (χ3v) is 7.57. The maximum absolute atomic E-state index is 6.01. The van der Waals surface area contributed by atoms with Crippen molar-refractivity contribution in [2.45, 2.75) is 38.1 Å². The molecule has 2 aromatic heterocycles. The highest BCUT2D eigenvalue weighted by atomic mass is 16.5. The largest absolute Gasteiger partial charge is 0.492 e. The number of hydrogen-bond acceptors (Lipinski definition) is 8. The van der Waals surface area contributed by atoms with E-state index in [1.165, 1.54) is 18.4 Å². The van der Waals surface area contributed by atoms with Gasteiger partial charge in [0.1, 0.15) is 18.2 Å². The Labute approximate surface area is 223 Å². The topological polar surface area (TPSA) is 80.4 Å². The van der Waals surface area contributed by atoms with E-state index in [1.54, 1.807) is 10.9 Å². The summed E-state index contributed by atoms with van der Waals surface area (Å²) >= 11 is 0. The molecule has 1 aromatic carbocycles. The molecule has 38 heavy (non-hydrogen) atoms. The molecule has 5 heterocycles. The number of ether oxygens (including phenoxy) is 2. The standard InChI is InChI=1S/C29H35N7O2/c1-22-4-3-12-35(22)28-6-2-5-27(33-28)32-26-20-24(21-31-36-13-11-30-29(26)36)23-7-9-25(10-8-23)38-19-16-34-14-17-37-18-15-34/h2,5-11,13,21-22,24H,3-4,12,14-20H2,1H3. The molecule has 3 aliphatic rings. The van der Waals surface area contributed by atoms with Gasteiger partial charge < -0.3 is 14.4 Å². The lowest BCUT2D eigenvalue weighted by atomic mass is 9.94. The SMILES string of the molecule is CC1CCCN1c1cccc(N=C2CC(c3ccc(OCCN4CCOCC4)cc3)C=Nn3ccnc32)n1. The molecule has 9 nitrogen and oxygen atoms in total. The predicted molar refractivity (Wildman–Crippen MR) is 149 cm³/mol. The van der Waals surface area contributed by atoms with Crippen LogP contribution in [0.15, 0.2) is 65.0 Å². The molecule has 2 saturated heterocycles. The Balaban J connectivity index is 1.17. The Hall–Kier alpha value is -3.56. The number of benzene rings is 1. The molecule has 198 valence electrons. The monoisotopic (exact) mass is 513 g/mol. The highest BCUT2D eigenvalue weighted by molar-refractivity contribution is 6.02. The van der Waals surface area contributed by atoms with Crippen LogP contribution in [-0.2, 0) is 4.74 Å². The van der Waals surface area contributed by atoms with Crippen molar-refractivity contribution in [1.82, 2.24) is 19.5 Å². The Morgan fingerprint density at radius 1 is 1.08 bits per heavy atom. The summed E-state index contributed by atoms with van der Waals surface area (Å²) in [5.74, 6) is 3.40. The quantitative estimate of drug-likeness (QED) is 0.473. The zero-order chi connectivity index (χ0) is 25.7. The average molecular weight is 514 g/mol. The van der Waals surface area contributed by atoms with Gasteiger partial charge in [-0.1, -0.05) is 18.2 Å². The summed E-state index contributed by atoms with van der Waals surface area (Å²) in [6, 6.07) is 14.9. The van der Waals surface area contributed by atoms with Gasteiger partial charge in [0.2, 0.25) is 0 Å². The molecule has 3 aromatic rings. The van der Waals surface area contributed by atoms with Gasteiger partial charge in [-0.2, -0.15) is 5.10 Å². The van der Waals surface area contributed by atoms with E-state index < -0.39 is 0 Å². The molecular formula is C29H35N7O2. The van der Waals surface area contributed by atoms with Crippen molar-refractivity contribution < 1.29 is 9.47 Å². The van der Waals surface area contributed by atoms with E-state index in [4.69, 9.17) is 19.5 Å². The van der Waals surface area contributed by atoms with E-state index in [1.807, 2.05) is 36.7 Å². The van der Waals surface area contributed by atoms with Crippen LogP contribution in [-0.4, -0.2) is 83.5 Å². The van der Waals surface area contributed by atoms with Crippen LogP contribution in [0, 0.1) is 0 Å². The van der Waals surface area contributed by atoms with Crippen LogP contribution in [0.5, 0.6) is 5.75 Å². The van der Waals surface area contributed by atoms with Crippen LogP contribution in [0.1, 0.15) is 43.5 Å². The summed E-state index contributed by atoms with van der Waals surface area (Å²) in [5.41, 5.74) is 2.04. The van der Waals surface area contributed by atoms with Crippen molar-refractivity contribution in [1.29, 1.82) is 0 Å². The Bertz CT molecular complexity index is 1280. The highest BCUT2D eigenvalue weighted by Crippen LogP contribution is 2.28. The molecule has 0 saturated carbocycles. The maximum atomic E-state index is 6.01. The van der Waals surface area contributed by atoms with E-state index in [9.17, 15) is 0 Å². The van der Waals surface area contributed by atoms with Crippen LogP contribution in [0.3, 0.4) is 0 Å². The fraction of sp³-hybridized carbons (Fsp3) is 0.448. The number of fused-ring (bicyclic) bond motifs is 1. The van der Waals surface area contributed by atoms with E-state index in [0.717, 1.165) is 62.5 Å². The number of nitrogens with zero attached hydrogens (tertiary/aromatic N) is 7. The smallest absolute Gasteiger partial charge is 0.175 e. The lowest BCUT2D eigenvalue weighted by Gasteiger charge is -2.26. The first-order valence-corrected chi connectivity index (χ1v) is 13.7. The first-order valence-electron chi connectivity index (χ1n) is 13.7. The van der Waals surface area contributed by atoms with Gasteiger partial charge in [0.25, 0.3) is 0 Å². The maximum Gasteiger partial charge on any atom is 0.175 e. The highest BCUT2D eigenvalue weighted by Gasteiger charge is 2.23. The number of pyridine rings is 1. The summed E-state index contributed by atoms with van der Waals surface area (Å²) < 4.78 is 13.2. The zero-order valence-electron chi connectivity index (χ0n) is 21.9. The second-order valence-electron chi connectivity index (χ2n) is 10.1. The number of aromatic nitrogens is 3. The molecule has 3 aliphatic heterocycles. The van der Waals surface area contributed by atoms with Crippen LogP contribution in [0.4, 0.5) is 11.6 Å². The van der Waals surface area contributed by atoms with Gasteiger partial charge >= 0.3 is 0 Å². The lowest BCUT2D eigenvalue weighted by Crippen LogP contribution is -2.38. The molecule has 2 fully saturated rings. The zero-order valence-corrected chi connectivity index (χ0v) is 21.9. The van der Waals surface area contributed by atoms with Gasteiger partial charge in [-0.3, -0.25) is 4.90 Å². The molecule has 0 N–H and O–H groups in total.